The van der Waals surface area contributed by atoms with Crippen LogP contribution in [0.2, 0.25) is 0 Å². The number of H-pyrrole nitrogens is 1. The van der Waals surface area contributed by atoms with Crippen molar-refractivity contribution in [3.05, 3.63) is 29.2 Å². The molecule has 1 atom stereocenters. The Balaban J connectivity index is 2.32. The van der Waals surface area contributed by atoms with Gasteiger partial charge in [-0.15, -0.1) is 0 Å². The maximum absolute atomic E-state index is 9.08. The average Bonchev–Trinajstić information content (AvgIpc) is 2.85. The summed E-state index contributed by atoms with van der Waals surface area (Å²) >= 11 is 0. The van der Waals surface area contributed by atoms with Crippen molar-refractivity contribution in [1.82, 2.24) is 15.1 Å². The van der Waals surface area contributed by atoms with Gasteiger partial charge in [0.05, 0.1) is 11.8 Å². The number of nitrogens with zero attached hydrogens (tertiary/aromatic N) is 4. The van der Waals surface area contributed by atoms with Gasteiger partial charge >= 0.3 is 0 Å². The van der Waals surface area contributed by atoms with E-state index < -0.39 is 0 Å². The van der Waals surface area contributed by atoms with Crippen LogP contribution in [0.3, 0.4) is 0 Å². The molecule has 17 heavy (non-hydrogen) atoms. The molecule has 1 N–H and O–H groups in total. The molecule has 0 saturated heterocycles. The van der Waals surface area contributed by atoms with Crippen molar-refractivity contribution < 1.29 is 0 Å². The van der Waals surface area contributed by atoms with E-state index in [0.717, 1.165) is 24.1 Å². The smallest absolute Gasteiger partial charge is 0.149 e. The van der Waals surface area contributed by atoms with Crippen molar-refractivity contribution in [3.8, 4) is 6.07 Å². The predicted molar refractivity (Wildman–Crippen MR) is 65.1 cm³/mol. The Morgan fingerprint density at radius 1 is 1.59 bits per heavy atom. The molecule has 5 heteroatoms. The van der Waals surface area contributed by atoms with Gasteiger partial charge in [-0.2, -0.15) is 10.4 Å². The Morgan fingerprint density at radius 3 is 3.00 bits per heavy atom. The molecule has 0 spiro atoms. The fraction of sp³-hybridized carbons (Fsp3) is 0.417. The maximum Gasteiger partial charge on any atom is 0.149 e. The third-order valence-electron chi connectivity index (χ3n) is 2.87. The monoisotopic (exact) mass is 229 g/mol. The summed E-state index contributed by atoms with van der Waals surface area (Å²) < 4.78 is 0. The minimum atomic E-state index is -0.0765. The van der Waals surface area contributed by atoms with Crippen LogP contribution in [-0.4, -0.2) is 28.4 Å². The molecule has 1 aliphatic rings. The SMILES string of the molecule is CCCC1=C(C#N)C=NC(c2cn[nH]c2)N1C. The van der Waals surface area contributed by atoms with Crippen molar-refractivity contribution in [1.29, 1.82) is 5.26 Å². The minimum absolute atomic E-state index is 0.0765. The quantitative estimate of drug-likeness (QED) is 0.861. The highest BCUT2D eigenvalue weighted by Gasteiger charge is 2.24. The van der Waals surface area contributed by atoms with Crippen LogP contribution in [0.4, 0.5) is 0 Å². The van der Waals surface area contributed by atoms with Crippen LogP contribution < -0.4 is 0 Å². The van der Waals surface area contributed by atoms with Crippen LogP contribution in [0, 0.1) is 11.3 Å². The Morgan fingerprint density at radius 2 is 2.41 bits per heavy atom. The van der Waals surface area contributed by atoms with Crippen molar-refractivity contribution in [2.24, 2.45) is 4.99 Å². The normalized spacial score (nSPS) is 19.6. The van der Waals surface area contributed by atoms with E-state index >= 15 is 0 Å². The number of rotatable bonds is 3. The van der Waals surface area contributed by atoms with Crippen molar-refractivity contribution in [3.63, 3.8) is 0 Å². The van der Waals surface area contributed by atoms with Crippen LogP contribution in [0.1, 0.15) is 31.5 Å². The molecular formula is C12H15N5. The molecule has 0 saturated carbocycles. The number of aliphatic imine (C=N–C) groups is 1. The molecule has 2 rings (SSSR count). The highest BCUT2D eigenvalue weighted by atomic mass is 15.2. The third kappa shape index (κ3) is 2.07. The molecule has 0 radical (unpaired) electrons. The van der Waals surface area contributed by atoms with E-state index in [-0.39, 0.29) is 6.17 Å². The minimum Gasteiger partial charge on any atom is -0.351 e. The molecule has 1 aromatic rings. The molecule has 1 aliphatic heterocycles. The third-order valence-corrected chi connectivity index (χ3v) is 2.87. The van der Waals surface area contributed by atoms with Crippen LogP contribution >= 0.6 is 0 Å². The van der Waals surface area contributed by atoms with Gasteiger partial charge in [-0.05, 0) is 6.42 Å². The Hall–Kier alpha value is -2.09. The summed E-state index contributed by atoms with van der Waals surface area (Å²) in [7, 11) is 1.97. The number of nitrogens with one attached hydrogen (secondary N) is 1. The van der Waals surface area contributed by atoms with Crippen LogP contribution in [0.25, 0.3) is 0 Å². The van der Waals surface area contributed by atoms with Gasteiger partial charge in [0.25, 0.3) is 0 Å². The van der Waals surface area contributed by atoms with E-state index in [1.165, 1.54) is 0 Å². The molecule has 1 unspecified atom stereocenters. The van der Waals surface area contributed by atoms with Gasteiger partial charge in [0.15, 0.2) is 0 Å². The summed E-state index contributed by atoms with van der Waals surface area (Å²) in [6.45, 7) is 2.11. The van der Waals surface area contributed by atoms with E-state index in [1.54, 1.807) is 12.4 Å². The van der Waals surface area contributed by atoms with Gasteiger partial charge in [0, 0.05) is 30.7 Å². The van der Waals surface area contributed by atoms with Crippen LogP contribution in [0.15, 0.2) is 28.7 Å². The fourth-order valence-electron chi connectivity index (χ4n) is 2.01. The largest absolute Gasteiger partial charge is 0.351 e. The zero-order chi connectivity index (χ0) is 12.3. The number of aromatic nitrogens is 2. The summed E-state index contributed by atoms with van der Waals surface area (Å²) in [5.74, 6) is 0. The van der Waals surface area contributed by atoms with Crippen molar-refractivity contribution in [2.45, 2.75) is 25.9 Å². The fourth-order valence-corrected chi connectivity index (χ4v) is 2.01. The summed E-state index contributed by atoms with van der Waals surface area (Å²) in [6, 6.07) is 2.20. The Labute approximate surface area is 100 Å². The second-order valence-electron chi connectivity index (χ2n) is 4.02. The maximum atomic E-state index is 9.08. The average molecular weight is 229 g/mol. The summed E-state index contributed by atoms with van der Waals surface area (Å²) in [5.41, 5.74) is 2.72. The van der Waals surface area contributed by atoms with Gasteiger partial charge in [-0.3, -0.25) is 10.1 Å². The zero-order valence-corrected chi connectivity index (χ0v) is 10.0. The molecule has 0 amide bonds. The van der Waals surface area contributed by atoms with Gasteiger partial charge in [-0.1, -0.05) is 13.3 Å². The molecule has 5 nitrogen and oxygen atoms in total. The number of hydrogen-bond donors (Lipinski definition) is 1. The van der Waals surface area contributed by atoms with Gasteiger partial charge in [0.2, 0.25) is 0 Å². The molecule has 0 aromatic carbocycles. The highest BCUT2D eigenvalue weighted by Crippen LogP contribution is 2.30. The first-order valence-electron chi connectivity index (χ1n) is 5.65. The molecular weight excluding hydrogens is 214 g/mol. The van der Waals surface area contributed by atoms with Gasteiger partial charge < -0.3 is 4.90 Å². The standard InChI is InChI=1S/C12H15N5/c1-3-4-11-9(5-13)6-14-12(17(11)2)10-7-15-16-8-10/h6-8,12H,3-4H2,1-2H3,(H,15,16). The van der Waals surface area contributed by atoms with Crippen molar-refractivity contribution >= 4 is 6.21 Å². The summed E-state index contributed by atoms with van der Waals surface area (Å²) in [5, 5.41) is 15.8. The lowest BCUT2D eigenvalue weighted by atomic mass is 10.1. The van der Waals surface area contributed by atoms with E-state index in [4.69, 9.17) is 5.26 Å². The second kappa shape index (κ2) is 4.83. The highest BCUT2D eigenvalue weighted by molar-refractivity contribution is 5.85. The molecule has 88 valence electrons. The van der Waals surface area contributed by atoms with Gasteiger partial charge in [0.1, 0.15) is 12.2 Å². The van der Waals surface area contributed by atoms with E-state index in [9.17, 15) is 0 Å². The lowest BCUT2D eigenvalue weighted by Crippen LogP contribution is -2.27. The van der Waals surface area contributed by atoms with E-state index in [2.05, 4.69) is 28.2 Å². The Kier molecular flexibility index (Phi) is 3.24. The van der Waals surface area contributed by atoms with E-state index in [0.29, 0.717) is 5.57 Å². The zero-order valence-electron chi connectivity index (χ0n) is 10.0. The van der Waals surface area contributed by atoms with Crippen molar-refractivity contribution in [2.75, 3.05) is 7.05 Å². The molecule has 2 heterocycles. The first-order chi connectivity index (χ1) is 8.27. The van der Waals surface area contributed by atoms with Crippen LogP contribution in [-0.2, 0) is 0 Å². The lowest BCUT2D eigenvalue weighted by molar-refractivity contribution is 0.302. The number of nitriles is 1. The molecule has 0 aliphatic carbocycles. The molecule has 0 fully saturated rings. The molecule has 0 bridgehead atoms. The number of aromatic amines is 1. The first kappa shape index (κ1) is 11.4. The number of hydrogen-bond acceptors (Lipinski definition) is 4. The summed E-state index contributed by atoms with van der Waals surface area (Å²) in [6.07, 6.45) is 7.09. The summed E-state index contributed by atoms with van der Waals surface area (Å²) in [4.78, 5) is 6.45. The first-order valence-corrected chi connectivity index (χ1v) is 5.65. The van der Waals surface area contributed by atoms with Crippen LogP contribution in [0.5, 0.6) is 0 Å². The Bertz CT molecular complexity index is 477. The predicted octanol–water partition coefficient (Wildman–Crippen LogP) is 2.00. The molecule has 1 aromatic heterocycles. The lowest BCUT2D eigenvalue weighted by Gasteiger charge is -2.31. The second-order valence-corrected chi connectivity index (χ2v) is 4.02. The van der Waals surface area contributed by atoms with E-state index in [1.807, 2.05) is 18.1 Å². The topological polar surface area (TPSA) is 68.1 Å². The number of allylic oxidation sites excluding steroid dienone is 2. The van der Waals surface area contributed by atoms with Gasteiger partial charge in [-0.25, -0.2) is 0 Å².